The van der Waals surface area contributed by atoms with Crippen LogP contribution in [0.5, 0.6) is 0 Å². The van der Waals surface area contributed by atoms with Crippen LogP contribution in [0.2, 0.25) is 5.02 Å². The van der Waals surface area contributed by atoms with Gasteiger partial charge in [0.05, 0.1) is 12.5 Å². The van der Waals surface area contributed by atoms with Gasteiger partial charge in [-0.1, -0.05) is 86.1 Å². The molecule has 3 N–H and O–H groups in total. The molecule has 240 valence electrons. The second-order valence-corrected chi connectivity index (χ2v) is 11.1. The summed E-state index contributed by atoms with van der Waals surface area (Å²) in [5.74, 6) is -11.9. The average Bonchev–Trinajstić information content (AvgIpc) is 2.98. The van der Waals surface area contributed by atoms with Crippen LogP contribution in [-0.2, 0) is 25.6 Å². The third kappa shape index (κ3) is 10.1. The molecule has 0 aromatic heterocycles. The summed E-state index contributed by atoms with van der Waals surface area (Å²) in [7, 11) is 0. The largest absolute Gasteiger partial charge is 0.405 e. The number of hydrogen-bond donors (Lipinski definition) is 3. The molecule has 0 aliphatic rings. The number of rotatable bonds is 13. The molecule has 0 aliphatic heterocycles. The van der Waals surface area contributed by atoms with Crippen LogP contribution in [-0.4, -0.2) is 48.2 Å². The quantitative estimate of drug-likeness (QED) is 0.154. The van der Waals surface area contributed by atoms with Crippen molar-refractivity contribution in [3.05, 3.63) is 101 Å². The van der Waals surface area contributed by atoms with Gasteiger partial charge in [0.25, 0.3) is 5.91 Å². The number of carbonyl (C=O) groups excluding carboxylic acids is 4. The molecule has 3 aromatic carbocycles. The maximum absolute atomic E-state index is 14.5. The number of hydrogen-bond acceptors (Lipinski definition) is 4. The Morgan fingerprint density at radius 2 is 1.42 bits per heavy atom. The van der Waals surface area contributed by atoms with Gasteiger partial charge in [0.2, 0.25) is 17.6 Å². The summed E-state index contributed by atoms with van der Waals surface area (Å²) in [5, 5.41) is 6.45. The molecule has 45 heavy (non-hydrogen) atoms. The number of anilines is 1. The molecule has 0 heterocycles. The van der Waals surface area contributed by atoms with Gasteiger partial charge in [-0.15, -0.1) is 0 Å². The van der Waals surface area contributed by atoms with E-state index in [9.17, 15) is 41.1 Å². The van der Waals surface area contributed by atoms with Gasteiger partial charge in [-0.25, -0.2) is 0 Å². The third-order valence-corrected chi connectivity index (χ3v) is 7.03. The zero-order valence-electron chi connectivity index (χ0n) is 24.3. The minimum absolute atomic E-state index is 0.0142. The summed E-state index contributed by atoms with van der Waals surface area (Å²) >= 11 is 6.20. The van der Waals surface area contributed by atoms with Crippen LogP contribution in [0.25, 0.3) is 0 Å². The van der Waals surface area contributed by atoms with Crippen LogP contribution < -0.4 is 16.0 Å². The van der Waals surface area contributed by atoms with Crippen molar-refractivity contribution < 1.29 is 41.1 Å². The Kier molecular flexibility index (Phi) is 11.8. The van der Waals surface area contributed by atoms with Crippen molar-refractivity contribution in [2.24, 2.45) is 5.92 Å². The molecule has 3 amide bonds. The van der Waals surface area contributed by atoms with E-state index in [-0.39, 0.29) is 18.0 Å². The number of ketones is 1. The summed E-state index contributed by atoms with van der Waals surface area (Å²) in [5.41, 5.74) is 2.24. The van der Waals surface area contributed by atoms with E-state index in [4.69, 9.17) is 11.6 Å². The number of amides is 3. The molecule has 2 atom stereocenters. The van der Waals surface area contributed by atoms with E-state index in [1.165, 1.54) is 19.9 Å². The fraction of sp³-hybridized carbons (Fsp3) is 0.312. The van der Waals surface area contributed by atoms with E-state index in [2.05, 4.69) is 10.6 Å². The molecule has 0 saturated carbocycles. The van der Waals surface area contributed by atoms with Gasteiger partial charge in [-0.3, -0.25) is 19.2 Å². The van der Waals surface area contributed by atoms with Crippen molar-refractivity contribution in [1.82, 2.24) is 10.6 Å². The predicted molar refractivity (Wildman–Crippen MR) is 159 cm³/mol. The van der Waals surface area contributed by atoms with Crippen molar-refractivity contribution in [2.75, 3.05) is 11.9 Å². The normalized spacial score (nSPS) is 13.1. The smallest absolute Gasteiger partial charge is 0.345 e. The van der Waals surface area contributed by atoms with E-state index < -0.39 is 60.5 Å². The van der Waals surface area contributed by atoms with Gasteiger partial charge in [0, 0.05) is 23.0 Å². The Balaban J connectivity index is 1.73. The van der Waals surface area contributed by atoms with Gasteiger partial charge >= 0.3 is 12.1 Å². The van der Waals surface area contributed by atoms with Gasteiger partial charge < -0.3 is 16.0 Å². The molecule has 0 spiro atoms. The van der Waals surface area contributed by atoms with Crippen molar-refractivity contribution in [3.63, 3.8) is 0 Å². The zero-order valence-corrected chi connectivity index (χ0v) is 25.0. The highest BCUT2D eigenvalue weighted by molar-refractivity contribution is 6.30. The lowest BCUT2D eigenvalue weighted by atomic mass is 9.88. The molecule has 7 nitrogen and oxygen atoms in total. The standard InChI is InChI=1S/C32H31ClF5N3O4/c1-19(2)28(29(44)32(37,38)30(45)39-18-31(34,35)36)41-26(42)16-22-11-6-7-14-25(22)40-27(43)17-24(20-9-4-3-5-10-20)21-12-8-13-23(33)15-21/h3-15,19,24,28H,16-18H2,1-2H3,(H,39,45)(H,40,43)(H,41,42)/t24?,28-/m0/s1. The first-order chi connectivity index (χ1) is 21.1. The van der Waals surface area contributed by atoms with Gasteiger partial charge in [-0.2, -0.15) is 22.0 Å². The topological polar surface area (TPSA) is 104 Å². The monoisotopic (exact) mass is 651 g/mol. The number of para-hydroxylation sites is 1. The highest BCUT2D eigenvalue weighted by atomic mass is 35.5. The maximum atomic E-state index is 14.5. The molecule has 13 heteroatoms. The van der Waals surface area contributed by atoms with E-state index >= 15 is 0 Å². The van der Waals surface area contributed by atoms with Gasteiger partial charge in [0.15, 0.2) is 0 Å². The lowest BCUT2D eigenvalue weighted by Gasteiger charge is -2.25. The molecule has 1 unspecified atom stereocenters. The first kappa shape index (κ1) is 35.2. The van der Waals surface area contributed by atoms with Crippen molar-refractivity contribution in [1.29, 1.82) is 0 Å². The lowest BCUT2D eigenvalue weighted by molar-refractivity contribution is -0.165. The Labute approximate surface area is 261 Å². The van der Waals surface area contributed by atoms with Gasteiger partial charge in [0.1, 0.15) is 6.54 Å². The van der Waals surface area contributed by atoms with E-state index in [0.717, 1.165) is 16.4 Å². The molecule has 0 fully saturated rings. The number of halogens is 6. The molecular formula is C32H31ClF5N3O4. The Bertz CT molecular complexity index is 1520. The summed E-state index contributed by atoms with van der Waals surface area (Å²) in [6.45, 7) is 0.592. The highest BCUT2D eigenvalue weighted by Crippen LogP contribution is 2.30. The predicted octanol–water partition coefficient (Wildman–Crippen LogP) is 6.07. The Morgan fingerprint density at radius 3 is 2.04 bits per heavy atom. The summed E-state index contributed by atoms with van der Waals surface area (Å²) in [6.07, 6.45) is -5.41. The van der Waals surface area contributed by atoms with Crippen molar-refractivity contribution >= 4 is 40.8 Å². The van der Waals surface area contributed by atoms with Crippen LogP contribution in [0.1, 0.15) is 42.9 Å². The van der Waals surface area contributed by atoms with Crippen LogP contribution in [0.15, 0.2) is 78.9 Å². The summed E-state index contributed by atoms with van der Waals surface area (Å²) in [4.78, 5) is 50.5. The first-order valence-corrected chi connectivity index (χ1v) is 14.2. The number of carbonyl (C=O) groups is 4. The average molecular weight is 652 g/mol. The molecular weight excluding hydrogens is 621 g/mol. The number of alkyl halides is 5. The Hall–Kier alpha value is -4.32. The molecule has 0 radical (unpaired) electrons. The third-order valence-electron chi connectivity index (χ3n) is 6.79. The van der Waals surface area contributed by atoms with E-state index in [0.29, 0.717) is 10.6 Å². The first-order valence-electron chi connectivity index (χ1n) is 13.8. The molecule has 3 rings (SSSR count). The minimum Gasteiger partial charge on any atom is -0.345 e. The van der Waals surface area contributed by atoms with Crippen LogP contribution in [0.4, 0.5) is 27.6 Å². The van der Waals surface area contributed by atoms with E-state index in [1.807, 2.05) is 36.4 Å². The molecule has 3 aromatic rings. The summed E-state index contributed by atoms with van der Waals surface area (Å²) in [6, 6.07) is 20.8. The maximum Gasteiger partial charge on any atom is 0.405 e. The lowest BCUT2D eigenvalue weighted by Crippen LogP contribution is -2.57. The number of Topliss-reactive ketones (excluding diaryl/α,β-unsaturated/α-hetero) is 1. The van der Waals surface area contributed by atoms with Gasteiger partial charge in [-0.05, 0) is 40.8 Å². The van der Waals surface area contributed by atoms with E-state index in [1.54, 1.807) is 36.4 Å². The Morgan fingerprint density at radius 1 is 0.800 bits per heavy atom. The van der Waals surface area contributed by atoms with Crippen LogP contribution >= 0.6 is 11.6 Å². The molecule has 0 bridgehead atoms. The molecule has 0 saturated heterocycles. The number of benzene rings is 3. The fourth-order valence-corrected chi connectivity index (χ4v) is 4.75. The van der Waals surface area contributed by atoms with Crippen molar-refractivity contribution in [2.45, 2.75) is 50.7 Å². The second-order valence-electron chi connectivity index (χ2n) is 10.6. The molecule has 0 aliphatic carbocycles. The zero-order chi connectivity index (χ0) is 33.4. The fourth-order valence-electron chi connectivity index (χ4n) is 4.55. The SMILES string of the molecule is CC(C)[C@H](NC(=O)Cc1ccccc1NC(=O)CC(c1ccccc1)c1cccc(Cl)c1)C(=O)C(F)(F)C(=O)NCC(F)(F)F. The van der Waals surface area contributed by atoms with Crippen LogP contribution in [0.3, 0.4) is 0 Å². The second kappa shape index (κ2) is 15.1. The minimum atomic E-state index is -4.97. The van der Waals surface area contributed by atoms with Crippen molar-refractivity contribution in [3.8, 4) is 0 Å². The number of nitrogens with one attached hydrogen (secondary N) is 3. The highest BCUT2D eigenvalue weighted by Gasteiger charge is 2.51. The summed E-state index contributed by atoms with van der Waals surface area (Å²) < 4.78 is 66.2. The van der Waals surface area contributed by atoms with Crippen LogP contribution in [0, 0.1) is 5.92 Å².